The van der Waals surface area contributed by atoms with E-state index < -0.39 is 69.5 Å². The summed E-state index contributed by atoms with van der Waals surface area (Å²) in [6.45, 7) is 2.22. The Bertz CT molecular complexity index is 1200. The van der Waals surface area contributed by atoms with Gasteiger partial charge in [0.2, 0.25) is 5.91 Å². The van der Waals surface area contributed by atoms with Crippen molar-refractivity contribution in [2.24, 2.45) is 10.2 Å². The van der Waals surface area contributed by atoms with Crippen molar-refractivity contribution in [2.75, 3.05) is 19.1 Å². The Kier molecular flexibility index (Phi) is 9.83. The molecular weight excluding hydrogens is 526 g/mol. The number of carbonyl (C=O) groups is 4. The first-order chi connectivity index (χ1) is 17.4. The van der Waals surface area contributed by atoms with E-state index in [2.05, 4.69) is 10.2 Å². The molecule has 0 fully saturated rings. The van der Waals surface area contributed by atoms with Crippen LogP contribution in [0.1, 0.15) is 35.3 Å². The summed E-state index contributed by atoms with van der Waals surface area (Å²) in [4.78, 5) is 50.5. The number of benzene rings is 2. The molecular formula is C23H20ClF4N3O6. The Morgan fingerprint density at radius 1 is 0.946 bits per heavy atom. The Hall–Kier alpha value is -3.87. The number of ether oxygens (including phenoxy) is 2. The molecule has 1 N–H and O–H groups in total. The fourth-order valence-electron chi connectivity index (χ4n) is 2.90. The van der Waals surface area contributed by atoms with Crippen molar-refractivity contribution < 1.29 is 46.2 Å². The lowest BCUT2D eigenvalue weighted by Gasteiger charge is -2.24. The molecule has 0 bridgehead atoms. The minimum Gasteiger partial charge on any atom is -0.462 e. The van der Waals surface area contributed by atoms with Gasteiger partial charge in [-0.25, -0.2) is 14.0 Å². The van der Waals surface area contributed by atoms with Crippen LogP contribution in [0.25, 0.3) is 0 Å². The molecule has 9 nitrogen and oxygen atoms in total. The summed E-state index contributed by atoms with van der Waals surface area (Å²) in [5, 5.41) is 9.13. The molecule has 1 amide bonds. The highest BCUT2D eigenvalue weighted by molar-refractivity contribution is 6.28. The van der Waals surface area contributed by atoms with Gasteiger partial charge in [0.15, 0.2) is 5.78 Å². The minimum absolute atomic E-state index is 0.274. The predicted octanol–water partition coefficient (Wildman–Crippen LogP) is 4.34. The molecule has 0 atom stereocenters. The second-order valence-electron chi connectivity index (χ2n) is 7.07. The lowest BCUT2D eigenvalue weighted by atomic mass is 9.99. The summed E-state index contributed by atoms with van der Waals surface area (Å²) < 4.78 is 64.0. The van der Waals surface area contributed by atoms with Crippen LogP contribution in [0.4, 0.5) is 23.2 Å². The monoisotopic (exact) mass is 545 g/mol. The van der Waals surface area contributed by atoms with Crippen molar-refractivity contribution in [1.29, 1.82) is 0 Å². The summed E-state index contributed by atoms with van der Waals surface area (Å²) >= 11 is 5.47. The molecule has 0 spiro atoms. The van der Waals surface area contributed by atoms with E-state index in [1.165, 1.54) is 26.0 Å². The summed E-state index contributed by atoms with van der Waals surface area (Å²) in [5.74, 6) is -6.89. The maximum absolute atomic E-state index is 14.3. The zero-order chi connectivity index (χ0) is 27.8. The SMILES string of the molecule is CCOC(=O)C(/N=N/c1ccc(C(F)(F)F)cc1C(=O)c1ccccc1F)(NC(=O)CCl)C(=O)OCC. The highest BCUT2D eigenvalue weighted by Crippen LogP contribution is 2.34. The zero-order valence-electron chi connectivity index (χ0n) is 19.4. The molecule has 2 aromatic rings. The molecule has 0 radical (unpaired) electrons. The van der Waals surface area contributed by atoms with Gasteiger partial charge in [-0.15, -0.1) is 16.7 Å². The number of nitrogens with one attached hydrogen (secondary N) is 1. The molecule has 0 aliphatic carbocycles. The van der Waals surface area contributed by atoms with E-state index in [1.54, 1.807) is 0 Å². The zero-order valence-corrected chi connectivity index (χ0v) is 20.2. The number of amides is 1. The summed E-state index contributed by atoms with van der Waals surface area (Å²) in [7, 11) is 0. The number of esters is 2. The van der Waals surface area contributed by atoms with Gasteiger partial charge in [0.25, 0.3) is 0 Å². The van der Waals surface area contributed by atoms with Crippen LogP contribution in [0, 0.1) is 5.82 Å². The number of alkyl halides is 4. The Morgan fingerprint density at radius 2 is 1.54 bits per heavy atom. The third-order valence-electron chi connectivity index (χ3n) is 4.58. The summed E-state index contributed by atoms with van der Waals surface area (Å²) in [6, 6.07) is 6.23. The van der Waals surface area contributed by atoms with Gasteiger partial charge >= 0.3 is 23.8 Å². The average molecular weight is 546 g/mol. The molecule has 198 valence electrons. The lowest BCUT2D eigenvalue weighted by molar-refractivity contribution is -0.167. The Morgan fingerprint density at radius 3 is 2.05 bits per heavy atom. The minimum atomic E-state index is -4.88. The van der Waals surface area contributed by atoms with Crippen LogP contribution in [0.3, 0.4) is 0 Å². The van der Waals surface area contributed by atoms with E-state index in [0.29, 0.717) is 12.1 Å². The van der Waals surface area contributed by atoms with Crippen LogP contribution in [0.15, 0.2) is 52.7 Å². The Balaban J connectivity index is 2.76. The fourth-order valence-corrected chi connectivity index (χ4v) is 2.97. The van der Waals surface area contributed by atoms with Crippen LogP contribution < -0.4 is 5.32 Å². The van der Waals surface area contributed by atoms with Crippen LogP contribution in [0.5, 0.6) is 0 Å². The van der Waals surface area contributed by atoms with E-state index in [1.807, 2.05) is 5.32 Å². The molecule has 0 unspecified atom stereocenters. The van der Waals surface area contributed by atoms with Crippen molar-refractivity contribution in [3.8, 4) is 0 Å². The van der Waals surface area contributed by atoms with Gasteiger partial charge in [-0.2, -0.15) is 18.3 Å². The highest BCUT2D eigenvalue weighted by Gasteiger charge is 2.52. The van der Waals surface area contributed by atoms with Crippen LogP contribution in [0.2, 0.25) is 0 Å². The van der Waals surface area contributed by atoms with Gasteiger partial charge in [-0.05, 0) is 44.2 Å². The number of halogens is 5. The molecule has 0 heterocycles. The fraction of sp³-hybridized carbons (Fsp3) is 0.304. The molecule has 14 heteroatoms. The number of rotatable bonds is 10. The molecule has 0 aromatic heterocycles. The average Bonchev–Trinajstić information content (AvgIpc) is 2.85. The Labute approximate surface area is 212 Å². The molecule has 2 aromatic carbocycles. The van der Waals surface area contributed by atoms with Crippen molar-refractivity contribution in [3.63, 3.8) is 0 Å². The van der Waals surface area contributed by atoms with Gasteiger partial charge < -0.3 is 14.8 Å². The molecule has 0 saturated carbocycles. The molecule has 37 heavy (non-hydrogen) atoms. The number of hydrogen-bond donors (Lipinski definition) is 1. The van der Waals surface area contributed by atoms with Crippen molar-refractivity contribution in [3.05, 3.63) is 65.0 Å². The van der Waals surface area contributed by atoms with Crippen molar-refractivity contribution in [1.82, 2.24) is 5.32 Å². The standard InChI is InChI=1S/C23H20ClF4N3O6/c1-3-36-20(34)22(21(35)37-4-2,29-18(32)12-24)31-30-17-10-9-13(23(26,27)28)11-15(17)19(33)14-7-5-6-8-16(14)25/h5-11H,3-4,12H2,1-2H3,(H,29,32)/b31-30+. The van der Waals surface area contributed by atoms with Gasteiger partial charge in [-0.1, -0.05) is 12.1 Å². The van der Waals surface area contributed by atoms with Gasteiger partial charge in [0.1, 0.15) is 11.7 Å². The van der Waals surface area contributed by atoms with E-state index >= 15 is 0 Å². The topological polar surface area (TPSA) is 123 Å². The smallest absolute Gasteiger partial charge is 0.416 e. The predicted molar refractivity (Wildman–Crippen MR) is 121 cm³/mol. The van der Waals surface area contributed by atoms with E-state index in [9.17, 15) is 36.7 Å². The third kappa shape index (κ3) is 6.88. The maximum atomic E-state index is 14.3. The number of hydrogen-bond acceptors (Lipinski definition) is 8. The van der Waals surface area contributed by atoms with Gasteiger partial charge in [-0.3, -0.25) is 9.59 Å². The first kappa shape index (κ1) is 29.4. The number of carbonyl (C=O) groups excluding carboxylic acids is 4. The second kappa shape index (κ2) is 12.4. The largest absolute Gasteiger partial charge is 0.462 e. The summed E-state index contributed by atoms with van der Waals surface area (Å²) in [6.07, 6.45) is -4.88. The third-order valence-corrected chi connectivity index (χ3v) is 4.82. The number of ketones is 1. The maximum Gasteiger partial charge on any atom is 0.416 e. The second-order valence-corrected chi connectivity index (χ2v) is 7.34. The normalized spacial score (nSPS) is 11.8. The molecule has 0 aliphatic heterocycles. The molecule has 0 saturated heterocycles. The first-order valence-corrected chi connectivity index (χ1v) is 11.1. The lowest BCUT2D eigenvalue weighted by Crippen LogP contribution is -2.60. The number of nitrogens with zero attached hydrogens (tertiary/aromatic N) is 2. The first-order valence-electron chi connectivity index (χ1n) is 10.6. The summed E-state index contributed by atoms with van der Waals surface area (Å²) in [5.41, 5.74) is -6.12. The quantitative estimate of drug-likeness (QED) is 0.118. The van der Waals surface area contributed by atoms with Crippen LogP contribution >= 0.6 is 11.6 Å². The van der Waals surface area contributed by atoms with E-state index in [0.717, 1.165) is 18.2 Å². The van der Waals surface area contributed by atoms with E-state index in [-0.39, 0.29) is 13.2 Å². The molecule has 2 rings (SSSR count). The highest BCUT2D eigenvalue weighted by atomic mass is 35.5. The molecule has 0 aliphatic rings. The number of azo groups is 1. The van der Waals surface area contributed by atoms with E-state index in [4.69, 9.17) is 21.1 Å². The van der Waals surface area contributed by atoms with Crippen LogP contribution in [-0.2, 0) is 30.0 Å². The van der Waals surface area contributed by atoms with Crippen LogP contribution in [-0.4, -0.2) is 48.4 Å². The van der Waals surface area contributed by atoms with Crippen molar-refractivity contribution >= 4 is 40.9 Å². The van der Waals surface area contributed by atoms with Gasteiger partial charge in [0.05, 0.1) is 35.6 Å². The van der Waals surface area contributed by atoms with Gasteiger partial charge in [0, 0.05) is 0 Å². The van der Waals surface area contributed by atoms with Crippen molar-refractivity contribution in [2.45, 2.75) is 25.7 Å².